The monoisotopic (exact) mass is 482 g/mol. The first-order valence-corrected chi connectivity index (χ1v) is 11.5. The van der Waals surface area contributed by atoms with E-state index in [9.17, 15) is 23.9 Å². The lowest BCUT2D eigenvalue weighted by Crippen LogP contribution is -2.48. The van der Waals surface area contributed by atoms with Crippen molar-refractivity contribution in [3.8, 4) is 0 Å². The summed E-state index contributed by atoms with van der Waals surface area (Å²) in [5, 5.41) is 16.8. The van der Waals surface area contributed by atoms with E-state index < -0.39 is 5.97 Å². The van der Waals surface area contributed by atoms with Crippen LogP contribution >= 0.6 is 11.3 Å². The third-order valence-corrected chi connectivity index (χ3v) is 6.31. The fraction of sp³-hybridized carbons (Fsp3) is 0.208. The van der Waals surface area contributed by atoms with Gasteiger partial charge in [-0.3, -0.25) is 14.5 Å². The molecule has 2 amide bonds. The Morgan fingerprint density at radius 1 is 0.971 bits per heavy atom. The van der Waals surface area contributed by atoms with Gasteiger partial charge in [-0.2, -0.15) is 0 Å². The van der Waals surface area contributed by atoms with Crippen LogP contribution < -0.4 is 15.5 Å². The number of hydrogen-bond acceptors (Lipinski definition) is 6. The number of thiophene rings is 1. The van der Waals surface area contributed by atoms with E-state index in [1.807, 2.05) is 4.90 Å². The maximum atomic E-state index is 13.0. The smallest absolute Gasteiger partial charge is 0.335 e. The number of nitrogens with zero attached hydrogens (tertiary/aromatic N) is 2. The van der Waals surface area contributed by atoms with Crippen LogP contribution in [0.2, 0.25) is 0 Å². The van der Waals surface area contributed by atoms with Crippen LogP contribution in [0.5, 0.6) is 0 Å². The molecule has 3 N–H and O–H groups in total. The zero-order valence-corrected chi connectivity index (χ0v) is 19.0. The first-order valence-electron chi connectivity index (χ1n) is 10.6. The molecule has 176 valence electrons. The Labute approximate surface area is 199 Å². The van der Waals surface area contributed by atoms with E-state index in [4.69, 9.17) is 0 Å². The third-order valence-electron chi connectivity index (χ3n) is 5.44. The Morgan fingerprint density at radius 2 is 1.71 bits per heavy atom. The van der Waals surface area contributed by atoms with E-state index >= 15 is 0 Å². The van der Waals surface area contributed by atoms with Crippen molar-refractivity contribution in [2.45, 2.75) is 0 Å². The number of benzene rings is 2. The van der Waals surface area contributed by atoms with Gasteiger partial charge in [0, 0.05) is 31.9 Å². The largest absolute Gasteiger partial charge is 0.478 e. The van der Waals surface area contributed by atoms with Crippen LogP contribution in [0.4, 0.5) is 21.5 Å². The topological polar surface area (TPSA) is 102 Å². The van der Waals surface area contributed by atoms with Gasteiger partial charge in [0.15, 0.2) is 0 Å². The van der Waals surface area contributed by atoms with Crippen LogP contribution in [-0.2, 0) is 4.79 Å². The molecule has 0 aliphatic carbocycles. The van der Waals surface area contributed by atoms with Crippen molar-refractivity contribution in [1.82, 2.24) is 4.90 Å². The number of hydrogen-bond donors (Lipinski definition) is 3. The molecule has 4 rings (SSSR count). The van der Waals surface area contributed by atoms with Crippen LogP contribution in [0, 0.1) is 5.82 Å². The van der Waals surface area contributed by atoms with Crippen LogP contribution in [0.1, 0.15) is 20.0 Å². The highest BCUT2D eigenvalue weighted by molar-refractivity contribution is 7.12. The summed E-state index contributed by atoms with van der Waals surface area (Å²) in [7, 11) is 0. The summed E-state index contributed by atoms with van der Waals surface area (Å²) in [6, 6.07) is 13.8. The summed E-state index contributed by atoms with van der Waals surface area (Å²) in [6.07, 6.45) is 0. The average molecular weight is 483 g/mol. The molecule has 0 radical (unpaired) electrons. The molecule has 0 bridgehead atoms. The maximum absolute atomic E-state index is 13.0. The number of carbonyl (C=O) groups is 3. The second-order valence-corrected chi connectivity index (χ2v) is 8.73. The zero-order chi connectivity index (χ0) is 24.1. The molecule has 0 atom stereocenters. The number of anilines is 3. The molecule has 1 aliphatic heterocycles. The van der Waals surface area contributed by atoms with Crippen LogP contribution in [0.3, 0.4) is 0 Å². The number of rotatable bonds is 7. The van der Waals surface area contributed by atoms with Crippen molar-refractivity contribution in [3.05, 3.63) is 76.2 Å². The molecule has 0 spiro atoms. The Morgan fingerprint density at radius 3 is 2.35 bits per heavy atom. The van der Waals surface area contributed by atoms with Crippen LogP contribution in [-0.4, -0.2) is 60.5 Å². The van der Waals surface area contributed by atoms with Gasteiger partial charge in [-0.15, -0.1) is 11.3 Å². The van der Waals surface area contributed by atoms with Gasteiger partial charge in [-0.1, -0.05) is 6.07 Å². The number of carboxylic acid groups (broad SMARTS) is 1. The lowest BCUT2D eigenvalue weighted by Gasteiger charge is -2.36. The highest BCUT2D eigenvalue weighted by Gasteiger charge is 2.23. The Balaban J connectivity index is 1.40. The predicted octanol–water partition coefficient (Wildman–Crippen LogP) is 3.60. The minimum atomic E-state index is -1.07. The van der Waals surface area contributed by atoms with Gasteiger partial charge in [0.1, 0.15) is 5.82 Å². The summed E-state index contributed by atoms with van der Waals surface area (Å²) >= 11 is 1.30. The second kappa shape index (κ2) is 10.4. The Hall–Kier alpha value is -3.76. The minimum absolute atomic E-state index is 0.0846. The zero-order valence-electron chi connectivity index (χ0n) is 18.2. The molecule has 0 unspecified atom stereocenters. The van der Waals surface area contributed by atoms with E-state index in [2.05, 4.69) is 15.5 Å². The van der Waals surface area contributed by atoms with Crippen LogP contribution in [0.25, 0.3) is 0 Å². The number of carboxylic acids is 1. The Kier molecular flexibility index (Phi) is 7.19. The van der Waals surface area contributed by atoms with Gasteiger partial charge in [-0.25, -0.2) is 9.18 Å². The van der Waals surface area contributed by atoms with Gasteiger partial charge < -0.3 is 20.6 Å². The molecule has 34 heavy (non-hydrogen) atoms. The predicted molar refractivity (Wildman–Crippen MR) is 129 cm³/mol. The molecule has 8 nitrogen and oxygen atoms in total. The summed E-state index contributed by atoms with van der Waals surface area (Å²) in [5.41, 5.74) is 1.78. The maximum Gasteiger partial charge on any atom is 0.335 e. The SMILES string of the molecule is O=C(CN1CCN(c2ccc(C(=O)O)cc2NC(=O)c2cccs2)CC1)Nc1ccc(F)cc1. The standard InChI is InChI=1S/C24H23FN4O4S/c25-17-4-6-18(7-5-17)26-22(30)15-28-9-11-29(12-10-28)20-8-3-16(24(32)33)14-19(20)27-23(31)21-2-1-13-34-21/h1-8,13-14H,9-12,15H2,(H,26,30)(H,27,31)(H,32,33). The molecule has 1 fully saturated rings. The van der Waals surface area contributed by atoms with Crippen molar-refractivity contribution >= 4 is 46.2 Å². The molecule has 1 aliphatic rings. The van der Waals surface area contributed by atoms with Gasteiger partial charge in [0.25, 0.3) is 5.91 Å². The van der Waals surface area contributed by atoms with E-state index in [-0.39, 0.29) is 29.7 Å². The highest BCUT2D eigenvalue weighted by atomic mass is 32.1. The van der Waals surface area contributed by atoms with E-state index in [1.165, 1.54) is 47.7 Å². The molecule has 2 heterocycles. The van der Waals surface area contributed by atoms with Crippen molar-refractivity contribution in [2.75, 3.05) is 48.3 Å². The number of nitrogens with one attached hydrogen (secondary N) is 2. The minimum Gasteiger partial charge on any atom is -0.478 e. The molecule has 3 aromatic rings. The molecule has 0 saturated carbocycles. The number of aromatic carboxylic acids is 1. The second-order valence-electron chi connectivity index (χ2n) is 7.79. The highest BCUT2D eigenvalue weighted by Crippen LogP contribution is 2.29. The summed E-state index contributed by atoms with van der Waals surface area (Å²) in [5.74, 6) is -1.92. The molecule has 2 aromatic carbocycles. The van der Waals surface area contributed by atoms with Crippen LogP contribution in [0.15, 0.2) is 60.0 Å². The van der Waals surface area contributed by atoms with Crippen molar-refractivity contribution in [3.63, 3.8) is 0 Å². The van der Waals surface area contributed by atoms with Crippen molar-refractivity contribution in [2.24, 2.45) is 0 Å². The van der Waals surface area contributed by atoms with E-state index in [0.717, 1.165) is 5.69 Å². The number of piperazine rings is 1. The first kappa shape index (κ1) is 23.4. The number of halogens is 1. The quantitative estimate of drug-likeness (QED) is 0.476. The first-order chi connectivity index (χ1) is 16.4. The fourth-order valence-corrected chi connectivity index (χ4v) is 4.34. The van der Waals surface area contributed by atoms with Gasteiger partial charge in [-0.05, 0) is 53.9 Å². The number of amides is 2. The summed E-state index contributed by atoms with van der Waals surface area (Å²) < 4.78 is 13.0. The normalized spacial score (nSPS) is 14.0. The Bertz CT molecular complexity index is 1180. The molecule has 10 heteroatoms. The number of carbonyl (C=O) groups excluding carboxylic acids is 2. The fourth-order valence-electron chi connectivity index (χ4n) is 3.72. The van der Waals surface area contributed by atoms with E-state index in [0.29, 0.717) is 42.4 Å². The van der Waals surface area contributed by atoms with Crippen molar-refractivity contribution in [1.29, 1.82) is 0 Å². The summed E-state index contributed by atoms with van der Waals surface area (Å²) in [6.45, 7) is 2.60. The lowest BCUT2D eigenvalue weighted by molar-refractivity contribution is -0.117. The van der Waals surface area contributed by atoms with Gasteiger partial charge >= 0.3 is 5.97 Å². The molecule has 1 aromatic heterocycles. The van der Waals surface area contributed by atoms with Gasteiger partial charge in [0.05, 0.1) is 28.4 Å². The molecule has 1 saturated heterocycles. The van der Waals surface area contributed by atoms with Gasteiger partial charge in [0.2, 0.25) is 5.91 Å². The van der Waals surface area contributed by atoms with E-state index in [1.54, 1.807) is 23.6 Å². The third kappa shape index (κ3) is 5.77. The lowest BCUT2D eigenvalue weighted by atomic mass is 10.1. The molecular weight excluding hydrogens is 459 g/mol. The van der Waals surface area contributed by atoms with Crippen molar-refractivity contribution < 1.29 is 23.9 Å². The summed E-state index contributed by atoms with van der Waals surface area (Å²) in [4.78, 5) is 41.0. The average Bonchev–Trinajstić information content (AvgIpc) is 3.36. The molecular formula is C24H23FN4O4S.